The van der Waals surface area contributed by atoms with E-state index in [1.54, 1.807) is 0 Å². The zero-order valence-corrected chi connectivity index (χ0v) is 6.18. The molecule has 0 aromatic rings. The summed E-state index contributed by atoms with van der Waals surface area (Å²) in [6, 6.07) is 0. The third-order valence-electron chi connectivity index (χ3n) is 1.14. The van der Waals surface area contributed by atoms with Crippen molar-refractivity contribution in [3.05, 3.63) is 0 Å². The molecule has 0 saturated heterocycles. The van der Waals surface area contributed by atoms with E-state index in [0.29, 0.717) is 0 Å². The molecule has 0 aromatic carbocycles. The molecular formula is C6H10N2O3. The first kappa shape index (κ1) is 9.61. The van der Waals surface area contributed by atoms with Gasteiger partial charge in [-0.2, -0.15) is 0 Å². The number of carbonyl (C=O) groups excluding carboxylic acids is 1. The highest BCUT2D eigenvalue weighted by Gasteiger charge is 2.07. The zero-order valence-electron chi connectivity index (χ0n) is 6.18. The van der Waals surface area contributed by atoms with Crippen LogP contribution in [0.1, 0.15) is 12.8 Å². The summed E-state index contributed by atoms with van der Waals surface area (Å²) in [7, 11) is 1.46. The second kappa shape index (κ2) is 4.43. The van der Waals surface area contributed by atoms with Gasteiger partial charge in [0.15, 0.2) is 0 Å². The molecule has 5 nitrogen and oxygen atoms in total. The van der Waals surface area contributed by atoms with Gasteiger partial charge in [0.2, 0.25) is 5.91 Å². The third-order valence-corrected chi connectivity index (χ3v) is 1.14. The number of aliphatic carboxylic acids is 1. The number of carboxylic acids is 1. The lowest BCUT2D eigenvalue weighted by Crippen LogP contribution is -2.20. The van der Waals surface area contributed by atoms with E-state index in [9.17, 15) is 9.59 Å². The van der Waals surface area contributed by atoms with Crippen molar-refractivity contribution in [2.75, 3.05) is 7.05 Å². The number of hydrogen-bond acceptors (Lipinski definition) is 3. The van der Waals surface area contributed by atoms with E-state index in [2.05, 4.69) is 5.32 Å². The fourth-order valence-electron chi connectivity index (χ4n) is 0.470. The maximum atomic E-state index is 10.5. The van der Waals surface area contributed by atoms with Gasteiger partial charge < -0.3 is 10.4 Å². The first-order valence-corrected chi connectivity index (χ1v) is 3.09. The van der Waals surface area contributed by atoms with Crippen molar-refractivity contribution in [1.29, 1.82) is 5.41 Å². The molecule has 0 radical (unpaired) electrons. The number of rotatable bonds is 4. The van der Waals surface area contributed by atoms with Crippen LogP contribution in [-0.4, -0.2) is 29.7 Å². The Labute approximate surface area is 63.9 Å². The van der Waals surface area contributed by atoms with Crippen LogP contribution >= 0.6 is 0 Å². The Morgan fingerprint density at radius 2 is 2.00 bits per heavy atom. The molecule has 0 aliphatic heterocycles. The first-order valence-electron chi connectivity index (χ1n) is 3.09. The summed E-state index contributed by atoms with van der Waals surface area (Å²) in [5.74, 6) is -1.52. The molecule has 0 heterocycles. The topological polar surface area (TPSA) is 90.3 Å². The van der Waals surface area contributed by atoms with Gasteiger partial charge in [-0.3, -0.25) is 10.2 Å². The standard InChI is InChI=1S/C6H10N2O3/c1-8-5(9)3-2-4(7)6(10)11/h7H,2-3H2,1H3,(H,8,9)(H,10,11). The molecule has 5 heteroatoms. The van der Waals surface area contributed by atoms with Crippen LogP contribution in [0.15, 0.2) is 0 Å². The first-order chi connectivity index (χ1) is 5.07. The summed E-state index contributed by atoms with van der Waals surface area (Å²) < 4.78 is 0. The van der Waals surface area contributed by atoms with Gasteiger partial charge in [-0.05, 0) is 0 Å². The normalized spacial score (nSPS) is 8.82. The van der Waals surface area contributed by atoms with Gasteiger partial charge in [0.05, 0.1) is 0 Å². The van der Waals surface area contributed by atoms with Gasteiger partial charge in [-0.1, -0.05) is 0 Å². The Kier molecular flexibility index (Phi) is 3.87. The van der Waals surface area contributed by atoms with E-state index in [0.717, 1.165) is 0 Å². The maximum Gasteiger partial charge on any atom is 0.349 e. The minimum absolute atomic E-state index is 0.0188. The van der Waals surface area contributed by atoms with Crippen molar-refractivity contribution < 1.29 is 14.7 Å². The van der Waals surface area contributed by atoms with Crippen molar-refractivity contribution in [2.24, 2.45) is 0 Å². The monoisotopic (exact) mass is 158 g/mol. The number of amides is 1. The van der Waals surface area contributed by atoms with E-state index >= 15 is 0 Å². The summed E-state index contributed by atoms with van der Waals surface area (Å²) in [6.07, 6.45) is 0.0383. The van der Waals surface area contributed by atoms with Crippen molar-refractivity contribution >= 4 is 17.6 Å². The molecule has 3 N–H and O–H groups in total. The summed E-state index contributed by atoms with van der Waals surface area (Å²) in [4.78, 5) is 20.6. The fraction of sp³-hybridized carbons (Fsp3) is 0.500. The van der Waals surface area contributed by atoms with Crippen LogP contribution in [0.5, 0.6) is 0 Å². The van der Waals surface area contributed by atoms with Gasteiger partial charge in [0.1, 0.15) is 5.71 Å². The molecule has 0 aliphatic rings. The summed E-state index contributed by atoms with van der Waals surface area (Å²) >= 11 is 0. The molecule has 1 amide bonds. The van der Waals surface area contributed by atoms with E-state index < -0.39 is 11.7 Å². The smallest absolute Gasteiger partial charge is 0.349 e. The second-order valence-corrected chi connectivity index (χ2v) is 1.96. The lowest BCUT2D eigenvalue weighted by atomic mass is 10.2. The largest absolute Gasteiger partial charge is 0.477 e. The number of carbonyl (C=O) groups is 2. The van der Waals surface area contributed by atoms with Crippen molar-refractivity contribution in [2.45, 2.75) is 12.8 Å². The molecule has 0 spiro atoms. The molecule has 0 aliphatic carbocycles. The molecule has 62 valence electrons. The Morgan fingerprint density at radius 3 is 2.36 bits per heavy atom. The molecular weight excluding hydrogens is 148 g/mol. The van der Waals surface area contributed by atoms with E-state index in [1.165, 1.54) is 7.05 Å². The Morgan fingerprint density at radius 1 is 1.45 bits per heavy atom. The number of carboxylic acid groups (broad SMARTS) is 1. The van der Waals surface area contributed by atoms with Crippen LogP contribution in [0.3, 0.4) is 0 Å². The predicted octanol–water partition coefficient (Wildman–Crippen LogP) is -0.383. The molecule has 0 unspecified atom stereocenters. The van der Waals surface area contributed by atoms with E-state index in [1.807, 2.05) is 0 Å². The van der Waals surface area contributed by atoms with Gasteiger partial charge in [-0.15, -0.1) is 0 Å². The zero-order chi connectivity index (χ0) is 8.85. The highest BCUT2D eigenvalue weighted by Crippen LogP contribution is 1.90. The minimum Gasteiger partial charge on any atom is -0.477 e. The van der Waals surface area contributed by atoms with E-state index in [-0.39, 0.29) is 18.7 Å². The van der Waals surface area contributed by atoms with Crippen LogP contribution < -0.4 is 5.32 Å². The Balaban J connectivity index is 3.63. The molecule has 11 heavy (non-hydrogen) atoms. The third kappa shape index (κ3) is 4.07. The van der Waals surface area contributed by atoms with E-state index in [4.69, 9.17) is 10.5 Å². The second-order valence-electron chi connectivity index (χ2n) is 1.96. The molecule has 0 atom stereocenters. The van der Waals surface area contributed by atoms with Gasteiger partial charge in [-0.25, -0.2) is 4.79 Å². The van der Waals surface area contributed by atoms with Gasteiger partial charge in [0.25, 0.3) is 0 Å². The quantitative estimate of drug-likeness (QED) is 0.487. The van der Waals surface area contributed by atoms with Crippen LogP contribution in [0.25, 0.3) is 0 Å². The van der Waals surface area contributed by atoms with Crippen LogP contribution in [0.4, 0.5) is 0 Å². The number of hydrogen-bond donors (Lipinski definition) is 3. The fourth-order valence-corrected chi connectivity index (χ4v) is 0.470. The molecule has 0 fully saturated rings. The summed E-state index contributed by atoms with van der Waals surface area (Å²) in [5, 5.41) is 17.4. The maximum absolute atomic E-state index is 10.5. The lowest BCUT2D eigenvalue weighted by Gasteiger charge is -1.97. The highest BCUT2D eigenvalue weighted by molar-refractivity contribution is 6.34. The minimum atomic E-state index is -1.27. The van der Waals surface area contributed by atoms with Gasteiger partial charge in [0, 0.05) is 19.9 Å². The highest BCUT2D eigenvalue weighted by atomic mass is 16.4. The number of nitrogens with one attached hydrogen (secondary N) is 2. The Hall–Kier alpha value is -1.39. The molecule has 0 aromatic heterocycles. The summed E-state index contributed by atoms with van der Waals surface area (Å²) in [6.45, 7) is 0. The summed E-state index contributed by atoms with van der Waals surface area (Å²) in [5.41, 5.74) is -0.436. The SMILES string of the molecule is CNC(=O)CCC(=N)C(=O)O. The average molecular weight is 158 g/mol. The average Bonchev–Trinajstić information content (AvgIpc) is 1.99. The Bertz CT molecular complexity index is 188. The molecule has 0 bridgehead atoms. The van der Waals surface area contributed by atoms with Gasteiger partial charge >= 0.3 is 5.97 Å². The van der Waals surface area contributed by atoms with Crippen molar-refractivity contribution in [3.63, 3.8) is 0 Å². The van der Waals surface area contributed by atoms with Crippen molar-refractivity contribution in [3.8, 4) is 0 Å². The van der Waals surface area contributed by atoms with Crippen molar-refractivity contribution in [1.82, 2.24) is 5.32 Å². The van der Waals surface area contributed by atoms with Crippen LogP contribution in [0.2, 0.25) is 0 Å². The van der Waals surface area contributed by atoms with Crippen LogP contribution in [-0.2, 0) is 9.59 Å². The lowest BCUT2D eigenvalue weighted by molar-refractivity contribution is -0.129. The van der Waals surface area contributed by atoms with Crippen LogP contribution in [0, 0.1) is 5.41 Å². The molecule has 0 saturated carbocycles. The predicted molar refractivity (Wildman–Crippen MR) is 38.7 cm³/mol. The molecule has 0 rings (SSSR count).